The molecule has 5 heteroatoms. The van der Waals surface area contributed by atoms with Gasteiger partial charge in [0.15, 0.2) is 5.82 Å². The van der Waals surface area contributed by atoms with Crippen LogP contribution in [0.15, 0.2) is 36.8 Å². The molecule has 4 rings (SSSR count). The molecule has 0 aromatic carbocycles. The van der Waals surface area contributed by atoms with Gasteiger partial charge in [-0.25, -0.2) is 9.67 Å². The lowest BCUT2D eigenvalue weighted by atomic mass is 10.4. The first-order valence-corrected chi connectivity index (χ1v) is 7.02. The van der Waals surface area contributed by atoms with E-state index in [1.165, 1.54) is 12.8 Å². The molecule has 1 saturated carbocycles. The van der Waals surface area contributed by atoms with Gasteiger partial charge in [0.1, 0.15) is 5.65 Å². The van der Waals surface area contributed by atoms with Crippen molar-refractivity contribution in [1.29, 1.82) is 0 Å². The molecule has 0 atom stereocenters. The highest BCUT2D eigenvalue weighted by Gasteiger charge is 2.22. The summed E-state index contributed by atoms with van der Waals surface area (Å²) in [6.07, 6.45) is 8.51. The predicted molar refractivity (Wildman–Crippen MR) is 76.9 cm³/mol. The zero-order valence-corrected chi connectivity index (χ0v) is 11.5. The van der Waals surface area contributed by atoms with E-state index in [0.29, 0.717) is 6.04 Å². The van der Waals surface area contributed by atoms with Gasteiger partial charge in [-0.3, -0.25) is 0 Å². The van der Waals surface area contributed by atoms with Gasteiger partial charge in [0.25, 0.3) is 0 Å². The zero-order chi connectivity index (χ0) is 13.5. The summed E-state index contributed by atoms with van der Waals surface area (Å²) >= 11 is 0. The third kappa shape index (κ3) is 2.00. The van der Waals surface area contributed by atoms with Crippen LogP contribution >= 0.6 is 0 Å². The Bertz CT molecular complexity index is 751. The van der Waals surface area contributed by atoms with Crippen molar-refractivity contribution in [2.24, 2.45) is 0 Å². The van der Waals surface area contributed by atoms with Crippen LogP contribution in [0.25, 0.3) is 11.5 Å². The summed E-state index contributed by atoms with van der Waals surface area (Å²) in [5.41, 5.74) is 3.27. The molecule has 1 aliphatic carbocycles. The van der Waals surface area contributed by atoms with Gasteiger partial charge in [-0.2, -0.15) is 5.10 Å². The zero-order valence-electron chi connectivity index (χ0n) is 11.5. The van der Waals surface area contributed by atoms with Gasteiger partial charge in [0.05, 0.1) is 11.9 Å². The molecule has 0 aliphatic heterocycles. The number of hydrogen-bond acceptors (Lipinski definition) is 3. The fourth-order valence-electron chi connectivity index (χ4n) is 2.44. The molecule has 0 unspecified atom stereocenters. The highest BCUT2D eigenvalue weighted by molar-refractivity contribution is 5.48. The Morgan fingerprint density at radius 3 is 3.00 bits per heavy atom. The Kier molecular flexibility index (Phi) is 2.60. The lowest BCUT2D eigenvalue weighted by Gasteiger charge is -2.06. The summed E-state index contributed by atoms with van der Waals surface area (Å²) in [4.78, 5) is 4.72. The normalized spacial score (nSPS) is 15.1. The quantitative estimate of drug-likeness (QED) is 0.787. The van der Waals surface area contributed by atoms with E-state index in [-0.39, 0.29) is 0 Å². The number of rotatable bonds is 4. The highest BCUT2D eigenvalue weighted by Crippen LogP contribution is 2.22. The molecule has 0 saturated heterocycles. The second kappa shape index (κ2) is 4.45. The van der Waals surface area contributed by atoms with E-state index in [2.05, 4.69) is 21.0 Å². The summed E-state index contributed by atoms with van der Waals surface area (Å²) in [5, 5.41) is 7.96. The number of hydrogen-bond donors (Lipinski definition) is 1. The SMILES string of the molecule is Cc1cnn(-c2nc3ccccn3c2CNC2CC2)c1. The monoisotopic (exact) mass is 267 g/mol. The maximum Gasteiger partial charge on any atom is 0.176 e. The highest BCUT2D eigenvalue weighted by atomic mass is 15.3. The van der Waals surface area contributed by atoms with Crippen molar-refractivity contribution in [3.8, 4) is 5.82 Å². The number of pyridine rings is 1. The van der Waals surface area contributed by atoms with Gasteiger partial charge in [0, 0.05) is 25.0 Å². The molecule has 0 spiro atoms. The van der Waals surface area contributed by atoms with E-state index in [1.54, 1.807) is 0 Å². The van der Waals surface area contributed by atoms with Crippen LogP contribution in [0.3, 0.4) is 0 Å². The first-order valence-electron chi connectivity index (χ1n) is 7.02. The Morgan fingerprint density at radius 2 is 2.25 bits per heavy atom. The molecule has 0 amide bonds. The van der Waals surface area contributed by atoms with Gasteiger partial charge in [-0.15, -0.1) is 0 Å². The molecular weight excluding hydrogens is 250 g/mol. The van der Waals surface area contributed by atoms with E-state index in [4.69, 9.17) is 4.98 Å². The molecule has 5 nitrogen and oxygen atoms in total. The van der Waals surface area contributed by atoms with Crippen molar-refractivity contribution >= 4 is 5.65 Å². The van der Waals surface area contributed by atoms with Crippen molar-refractivity contribution in [1.82, 2.24) is 24.5 Å². The van der Waals surface area contributed by atoms with Crippen molar-refractivity contribution < 1.29 is 0 Å². The smallest absolute Gasteiger partial charge is 0.176 e. The summed E-state index contributed by atoms with van der Waals surface area (Å²) in [6.45, 7) is 2.87. The largest absolute Gasteiger partial charge is 0.308 e. The number of aryl methyl sites for hydroxylation is 1. The van der Waals surface area contributed by atoms with Crippen LogP contribution in [0.2, 0.25) is 0 Å². The van der Waals surface area contributed by atoms with Crippen molar-refractivity contribution in [2.75, 3.05) is 0 Å². The average molecular weight is 267 g/mol. The molecule has 102 valence electrons. The van der Waals surface area contributed by atoms with E-state index in [0.717, 1.165) is 29.3 Å². The second-order valence-electron chi connectivity index (χ2n) is 5.43. The van der Waals surface area contributed by atoms with Crippen LogP contribution in [0.5, 0.6) is 0 Å². The van der Waals surface area contributed by atoms with Gasteiger partial charge < -0.3 is 9.72 Å². The summed E-state index contributed by atoms with van der Waals surface area (Å²) in [7, 11) is 0. The van der Waals surface area contributed by atoms with Gasteiger partial charge in [-0.05, 0) is 37.5 Å². The van der Waals surface area contributed by atoms with E-state index in [1.807, 2.05) is 42.2 Å². The third-order valence-corrected chi connectivity index (χ3v) is 3.67. The summed E-state index contributed by atoms with van der Waals surface area (Å²) in [6, 6.07) is 6.75. The first-order chi connectivity index (χ1) is 9.81. The topological polar surface area (TPSA) is 47.2 Å². The van der Waals surface area contributed by atoms with Crippen molar-refractivity contribution in [3.63, 3.8) is 0 Å². The second-order valence-corrected chi connectivity index (χ2v) is 5.43. The molecule has 3 heterocycles. The standard InChI is InChI=1S/C15H17N5/c1-11-8-17-20(10-11)15-13(9-16-12-5-6-12)19-7-3-2-4-14(19)18-15/h2-4,7-8,10,12,16H,5-6,9H2,1H3. The average Bonchev–Trinajstić information content (AvgIpc) is 3.07. The fourth-order valence-corrected chi connectivity index (χ4v) is 2.44. The summed E-state index contributed by atoms with van der Waals surface area (Å²) < 4.78 is 4.01. The molecular formula is C15H17N5. The predicted octanol–water partition coefficient (Wildman–Crippen LogP) is 2.08. The minimum atomic E-state index is 0.677. The number of nitrogens with zero attached hydrogens (tertiary/aromatic N) is 4. The van der Waals surface area contributed by atoms with Crippen LogP contribution in [-0.2, 0) is 6.54 Å². The lowest BCUT2D eigenvalue weighted by molar-refractivity contribution is 0.662. The maximum absolute atomic E-state index is 4.72. The van der Waals surface area contributed by atoms with Gasteiger partial charge in [-0.1, -0.05) is 6.07 Å². The number of imidazole rings is 1. The molecule has 3 aromatic heterocycles. The van der Waals surface area contributed by atoms with E-state index in [9.17, 15) is 0 Å². The van der Waals surface area contributed by atoms with Crippen molar-refractivity contribution in [3.05, 3.63) is 48.0 Å². The molecule has 0 bridgehead atoms. The molecule has 1 fully saturated rings. The number of nitrogens with one attached hydrogen (secondary N) is 1. The minimum absolute atomic E-state index is 0.677. The Labute approximate surface area is 117 Å². The molecule has 3 aromatic rings. The van der Waals surface area contributed by atoms with Gasteiger partial charge in [0.2, 0.25) is 0 Å². The molecule has 1 aliphatic rings. The van der Waals surface area contributed by atoms with Crippen LogP contribution in [0, 0.1) is 6.92 Å². The van der Waals surface area contributed by atoms with E-state index < -0.39 is 0 Å². The maximum atomic E-state index is 4.72. The van der Waals surface area contributed by atoms with Crippen molar-refractivity contribution in [2.45, 2.75) is 32.4 Å². The number of aromatic nitrogens is 4. The van der Waals surface area contributed by atoms with E-state index >= 15 is 0 Å². The fraction of sp³-hybridized carbons (Fsp3) is 0.333. The molecule has 1 N–H and O–H groups in total. The van der Waals surface area contributed by atoms with Crippen LogP contribution < -0.4 is 5.32 Å². The lowest BCUT2D eigenvalue weighted by Crippen LogP contribution is -2.18. The van der Waals surface area contributed by atoms with Crippen LogP contribution in [0.1, 0.15) is 24.1 Å². The van der Waals surface area contributed by atoms with Crippen LogP contribution in [0.4, 0.5) is 0 Å². The Hall–Kier alpha value is -2.14. The number of fused-ring (bicyclic) bond motifs is 1. The van der Waals surface area contributed by atoms with Gasteiger partial charge >= 0.3 is 0 Å². The molecule has 20 heavy (non-hydrogen) atoms. The van der Waals surface area contributed by atoms with Crippen LogP contribution in [-0.4, -0.2) is 25.2 Å². The third-order valence-electron chi connectivity index (χ3n) is 3.67. The molecule has 0 radical (unpaired) electrons. The Balaban J connectivity index is 1.82. The minimum Gasteiger partial charge on any atom is -0.308 e. The first kappa shape index (κ1) is 11.7. The Morgan fingerprint density at radius 1 is 1.35 bits per heavy atom. The summed E-state index contributed by atoms with van der Waals surface area (Å²) in [5.74, 6) is 0.914.